The van der Waals surface area contributed by atoms with Crippen molar-refractivity contribution in [3.05, 3.63) is 12.2 Å². The molecule has 0 spiro atoms. The van der Waals surface area contributed by atoms with Gasteiger partial charge in [0, 0.05) is 19.3 Å². The summed E-state index contributed by atoms with van der Waals surface area (Å²) in [5.41, 5.74) is 0. The van der Waals surface area contributed by atoms with Gasteiger partial charge in [0.05, 0.1) is 45.4 Å². The van der Waals surface area contributed by atoms with E-state index in [4.69, 9.17) is 15.3 Å². The first-order chi connectivity index (χ1) is 17.8. The molecule has 0 aromatic heterocycles. The first-order valence-electron chi connectivity index (χ1n) is 15.0. The largest absolute Gasteiger partial charge is 0.481 e. The predicted octanol–water partition coefficient (Wildman–Crippen LogP) is 7.44. The fourth-order valence-electron chi connectivity index (χ4n) is 5.06. The van der Waals surface area contributed by atoms with Gasteiger partial charge in [-0.25, -0.2) is 0 Å². The molecule has 0 aliphatic rings. The van der Waals surface area contributed by atoms with Crippen LogP contribution in [0.1, 0.15) is 135 Å². The molecule has 3 N–H and O–H groups in total. The molecule has 216 valence electrons. The molecular weight excluding hydrogens is 470 g/mol. The van der Waals surface area contributed by atoms with E-state index in [1.54, 1.807) is 0 Å². The summed E-state index contributed by atoms with van der Waals surface area (Å²) in [7, 11) is 0. The van der Waals surface area contributed by atoms with Crippen molar-refractivity contribution in [2.24, 2.45) is 0 Å². The van der Waals surface area contributed by atoms with Crippen molar-refractivity contribution in [2.45, 2.75) is 135 Å². The van der Waals surface area contributed by atoms with Crippen LogP contribution in [0.5, 0.6) is 0 Å². The summed E-state index contributed by atoms with van der Waals surface area (Å²) in [6, 6.07) is 0. The van der Waals surface area contributed by atoms with Crippen molar-refractivity contribution in [2.75, 3.05) is 26.2 Å². The minimum atomic E-state index is -0.829. The molecule has 7 heteroatoms. The highest BCUT2D eigenvalue weighted by molar-refractivity contribution is 5.67. The summed E-state index contributed by atoms with van der Waals surface area (Å²) in [4.78, 5) is 33.1. The van der Waals surface area contributed by atoms with E-state index >= 15 is 0 Å². The van der Waals surface area contributed by atoms with Crippen molar-refractivity contribution in [3.8, 4) is 0 Å². The lowest BCUT2D eigenvalue weighted by Crippen LogP contribution is -2.51. The number of allylic oxidation sites excluding steroid dienone is 2. The zero-order valence-corrected chi connectivity index (χ0v) is 23.6. The first-order valence-corrected chi connectivity index (χ1v) is 15.0. The molecule has 0 radical (unpaired) electrons. The fraction of sp³-hybridized carbons (Fsp3) is 0.833. The Morgan fingerprint density at radius 2 is 0.811 bits per heavy atom. The summed E-state index contributed by atoms with van der Waals surface area (Å²) in [5.74, 6) is -2.49. The molecule has 0 aromatic rings. The molecule has 0 aliphatic carbocycles. The number of carboxylic acids is 3. The highest BCUT2D eigenvalue weighted by Crippen LogP contribution is 2.18. The molecule has 0 rings (SSSR count). The SMILES string of the molecule is CCCCCCCCCC/C=C/CCCCCC[N+](CCCC(=O)O)(CCCC(=O)O)CCCC(=O)O. The summed E-state index contributed by atoms with van der Waals surface area (Å²) in [6.07, 6.45) is 23.9. The third-order valence-corrected chi connectivity index (χ3v) is 7.21. The maximum absolute atomic E-state index is 11.0. The molecule has 0 atom stereocenters. The predicted molar refractivity (Wildman–Crippen MR) is 150 cm³/mol. The molecular formula is C30H56NO6+. The van der Waals surface area contributed by atoms with E-state index in [1.165, 1.54) is 57.8 Å². The second-order valence-electron chi connectivity index (χ2n) is 10.7. The Hall–Kier alpha value is -1.89. The summed E-state index contributed by atoms with van der Waals surface area (Å²) < 4.78 is 0.631. The van der Waals surface area contributed by atoms with E-state index in [0.717, 1.165) is 38.6 Å². The standard InChI is InChI=1S/C30H55NO6/c1-2-3-4-5-6-7-8-9-10-11-12-13-14-15-16-17-24-31(25-18-21-28(32)33,26-19-22-29(34)35)27-20-23-30(36)37/h11-12H,2-10,13-27H2,1H3,(H2-,32,33,34,35,36,37)/p+1/b12-11+. The number of hydrogen-bond donors (Lipinski definition) is 3. The molecule has 37 heavy (non-hydrogen) atoms. The number of unbranched alkanes of at least 4 members (excludes halogenated alkanes) is 12. The van der Waals surface area contributed by atoms with Gasteiger partial charge in [-0.3, -0.25) is 14.4 Å². The molecule has 0 fully saturated rings. The van der Waals surface area contributed by atoms with Crippen molar-refractivity contribution < 1.29 is 34.2 Å². The number of quaternary nitrogens is 1. The molecule has 0 saturated heterocycles. The van der Waals surface area contributed by atoms with E-state index in [1.807, 2.05) is 0 Å². The van der Waals surface area contributed by atoms with Crippen LogP contribution in [0, 0.1) is 0 Å². The number of aliphatic carboxylic acids is 3. The highest BCUT2D eigenvalue weighted by Gasteiger charge is 2.27. The van der Waals surface area contributed by atoms with Crippen LogP contribution >= 0.6 is 0 Å². The molecule has 0 saturated carbocycles. The van der Waals surface area contributed by atoms with E-state index in [9.17, 15) is 14.4 Å². The Morgan fingerprint density at radius 1 is 0.486 bits per heavy atom. The summed E-state index contributed by atoms with van der Waals surface area (Å²) in [6.45, 7) is 5.09. The van der Waals surface area contributed by atoms with Crippen molar-refractivity contribution in [1.82, 2.24) is 0 Å². The fourth-order valence-corrected chi connectivity index (χ4v) is 5.06. The van der Waals surface area contributed by atoms with Crippen LogP contribution in [0.25, 0.3) is 0 Å². The molecule has 0 bridgehead atoms. The zero-order valence-electron chi connectivity index (χ0n) is 23.6. The minimum Gasteiger partial charge on any atom is -0.481 e. The van der Waals surface area contributed by atoms with Crippen LogP contribution in [0.4, 0.5) is 0 Å². The topological polar surface area (TPSA) is 112 Å². The lowest BCUT2D eigenvalue weighted by Gasteiger charge is -2.39. The molecule has 0 aliphatic heterocycles. The van der Waals surface area contributed by atoms with Gasteiger partial charge < -0.3 is 19.8 Å². The van der Waals surface area contributed by atoms with Gasteiger partial charge in [-0.1, -0.05) is 70.4 Å². The second-order valence-corrected chi connectivity index (χ2v) is 10.7. The number of carbonyl (C=O) groups is 3. The van der Waals surface area contributed by atoms with Gasteiger partial charge in [0.2, 0.25) is 0 Å². The van der Waals surface area contributed by atoms with Gasteiger partial charge in [0.15, 0.2) is 0 Å². The third kappa shape index (κ3) is 24.2. The molecule has 0 amide bonds. The van der Waals surface area contributed by atoms with Gasteiger partial charge in [-0.05, 0) is 38.5 Å². The molecule has 0 heterocycles. The second kappa shape index (κ2) is 24.4. The molecule has 0 aromatic carbocycles. The van der Waals surface area contributed by atoms with Crippen molar-refractivity contribution >= 4 is 17.9 Å². The lowest BCUT2D eigenvalue weighted by molar-refractivity contribution is -0.929. The number of carboxylic acid groups (broad SMARTS) is 3. The average molecular weight is 527 g/mol. The van der Waals surface area contributed by atoms with Crippen LogP contribution in [-0.2, 0) is 14.4 Å². The van der Waals surface area contributed by atoms with Crippen LogP contribution in [-0.4, -0.2) is 63.9 Å². The summed E-state index contributed by atoms with van der Waals surface area (Å²) in [5, 5.41) is 27.2. The van der Waals surface area contributed by atoms with E-state index in [2.05, 4.69) is 19.1 Å². The lowest BCUT2D eigenvalue weighted by atomic mass is 10.1. The van der Waals surface area contributed by atoms with E-state index < -0.39 is 17.9 Å². The first kappa shape index (κ1) is 35.1. The molecule has 7 nitrogen and oxygen atoms in total. The van der Waals surface area contributed by atoms with Gasteiger partial charge in [0.25, 0.3) is 0 Å². The van der Waals surface area contributed by atoms with E-state index in [0.29, 0.717) is 43.4 Å². The van der Waals surface area contributed by atoms with Gasteiger partial charge >= 0.3 is 17.9 Å². The quantitative estimate of drug-likeness (QED) is 0.0555. The Balaban J connectivity index is 4.33. The Labute approximate surface area is 225 Å². The van der Waals surface area contributed by atoms with E-state index in [-0.39, 0.29) is 19.3 Å². The monoisotopic (exact) mass is 526 g/mol. The van der Waals surface area contributed by atoms with Crippen LogP contribution in [0.2, 0.25) is 0 Å². The Morgan fingerprint density at radius 3 is 1.19 bits per heavy atom. The maximum Gasteiger partial charge on any atom is 0.303 e. The maximum atomic E-state index is 11.0. The molecule has 0 unspecified atom stereocenters. The van der Waals surface area contributed by atoms with Crippen LogP contribution < -0.4 is 0 Å². The van der Waals surface area contributed by atoms with Gasteiger partial charge in [-0.15, -0.1) is 0 Å². The zero-order chi connectivity index (χ0) is 27.6. The van der Waals surface area contributed by atoms with Crippen LogP contribution in [0.3, 0.4) is 0 Å². The van der Waals surface area contributed by atoms with Crippen molar-refractivity contribution in [1.29, 1.82) is 0 Å². The Bertz CT molecular complexity index is 569. The van der Waals surface area contributed by atoms with Crippen molar-refractivity contribution in [3.63, 3.8) is 0 Å². The number of hydrogen-bond acceptors (Lipinski definition) is 3. The third-order valence-electron chi connectivity index (χ3n) is 7.21. The minimum absolute atomic E-state index is 0.0865. The van der Waals surface area contributed by atoms with Gasteiger partial charge in [0.1, 0.15) is 0 Å². The average Bonchev–Trinajstić information content (AvgIpc) is 2.83. The van der Waals surface area contributed by atoms with Gasteiger partial charge in [-0.2, -0.15) is 0 Å². The highest BCUT2D eigenvalue weighted by atomic mass is 16.4. The Kier molecular flexibility index (Phi) is 23.2. The normalized spacial score (nSPS) is 11.8. The van der Waals surface area contributed by atoms with Crippen LogP contribution in [0.15, 0.2) is 12.2 Å². The smallest absolute Gasteiger partial charge is 0.303 e. The number of nitrogens with zero attached hydrogens (tertiary/aromatic N) is 1. The number of rotatable bonds is 28. The summed E-state index contributed by atoms with van der Waals surface area (Å²) >= 11 is 0.